The van der Waals surface area contributed by atoms with Crippen molar-refractivity contribution in [3.8, 4) is 5.75 Å². The van der Waals surface area contributed by atoms with Crippen molar-refractivity contribution >= 4 is 11.6 Å². The van der Waals surface area contributed by atoms with Crippen molar-refractivity contribution in [1.29, 1.82) is 0 Å². The lowest BCUT2D eigenvalue weighted by Gasteiger charge is -2.11. The van der Waals surface area contributed by atoms with Crippen molar-refractivity contribution < 1.29 is 9.47 Å². The number of hydrogen-bond acceptors (Lipinski definition) is 3. The Morgan fingerprint density at radius 2 is 2.00 bits per heavy atom. The lowest BCUT2D eigenvalue weighted by atomic mass is 10.1. The van der Waals surface area contributed by atoms with Crippen molar-refractivity contribution in [3.05, 3.63) is 28.8 Å². The van der Waals surface area contributed by atoms with Crippen LogP contribution in [0.5, 0.6) is 5.75 Å². The first-order valence-corrected chi connectivity index (χ1v) is 7.71. The second-order valence-electron chi connectivity index (χ2n) is 5.19. The van der Waals surface area contributed by atoms with Crippen LogP contribution < -0.4 is 10.1 Å². The van der Waals surface area contributed by atoms with E-state index >= 15 is 0 Å². The Morgan fingerprint density at radius 3 is 2.65 bits per heavy atom. The van der Waals surface area contributed by atoms with E-state index in [0.29, 0.717) is 24.2 Å². The summed E-state index contributed by atoms with van der Waals surface area (Å²) in [6.45, 7) is 10.2. The average molecular weight is 300 g/mol. The first-order valence-electron chi connectivity index (χ1n) is 7.33. The second-order valence-corrected chi connectivity index (χ2v) is 5.60. The molecule has 0 aliphatic heterocycles. The lowest BCUT2D eigenvalue weighted by molar-refractivity contribution is 0.0926. The summed E-state index contributed by atoms with van der Waals surface area (Å²) in [5.41, 5.74) is 1.16. The largest absolute Gasteiger partial charge is 0.490 e. The number of rotatable bonds is 10. The van der Waals surface area contributed by atoms with Gasteiger partial charge in [0, 0.05) is 13.2 Å². The Balaban J connectivity index is 2.26. The molecule has 4 heteroatoms. The van der Waals surface area contributed by atoms with Gasteiger partial charge in [-0.2, -0.15) is 0 Å². The molecule has 0 atom stereocenters. The molecule has 0 fully saturated rings. The summed E-state index contributed by atoms with van der Waals surface area (Å²) >= 11 is 6.20. The van der Waals surface area contributed by atoms with Gasteiger partial charge in [-0.15, -0.1) is 0 Å². The molecule has 0 radical (unpaired) electrons. The first-order chi connectivity index (χ1) is 9.63. The molecule has 1 rings (SSSR count). The maximum atomic E-state index is 6.20. The van der Waals surface area contributed by atoms with Gasteiger partial charge in [0.05, 0.1) is 11.6 Å². The summed E-state index contributed by atoms with van der Waals surface area (Å²) in [6, 6.07) is 5.89. The minimum atomic E-state index is 0.532. The molecule has 0 unspecified atom stereocenters. The van der Waals surface area contributed by atoms with E-state index in [9.17, 15) is 0 Å². The monoisotopic (exact) mass is 299 g/mol. The lowest BCUT2D eigenvalue weighted by Crippen LogP contribution is -2.12. The fraction of sp³-hybridized carbons (Fsp3) is 0.625. The molecule has 1 aromatic rings. The maximum Gasteiger partial charge on any atom is 0.138 e. The highest BCUT2D eigenvalue weighted by molar-refractivity contribution is 6.32. The Hall–Kier alpha value is -0.770. The van der Waals surface area contributed by atoms with Crippen molar-refractivity contribution in [2.24, 2.45) is 5.92 Å². The van der Waals surface area contributed by atoms with Crippen molar-refractivity contribution in [2.45, 2.75) is 33.7 Å². The van der Waals surface area contributed by atoms with E-state index in [1.807, 2.05) is 18.2 Å². The Kier molecular flexibility index (Phi) is 8.67. The molecule has 114 valence electrons. The number of benzene rings is 1. The molecule has 0 heterocycles. The fourth-order valence-electron chi connectivity index (χ4n) is 1.67. The zero-order valence-corrected chi connectivity index (χ0v) is 13.5. The molecule has 0 bridgehead atoms. The van der Waals surface area contributed by atoms with Gasteiger partial charge in [-0.1, -0.05) is 38.4 Å². The van der Waals surface area contributed by atoms with Gasteiger partial charge in [-0.05, 0) is 36.6 Å². The van der Waals surface area contributed by atoms with Crippen LogP contribution in [0.1, 0.15) is 32.8 Å². The van der Waals surface area contributed by atoms with E-state index in [-0.39, 0.29) is 0 Å². The molecule has 0 aliphatic carbocycles. The van der Waals surface area contributed by atoms with E-state index < -0.39 is 0 Å². The predicted molar refractivity (Wildman–Crippen MR) is 84.6 cm³/mol. The third kappa shape index (κ3) is 7.13. The highest BCUT2D eigenvalue weighted by atomic mass is 35.5. The molecule has 0 aromatic heterocycles. The minimum absolute atomic E-state index is 0.532. The van der Waals surface area contributed by atoms with Crippen LogP contribution in [0, 0.1) is 5.92 Å². The number of halogens is 1. The quantitative estimate of drug-likeness (QED) is 0.665. The van der Waals surface area contributed by atoms with Gasteiger partial charge in [-0.25, -0.2) is 0 Å². The summed E-state index contributed by atoms with van der Waals surface area (Å²) in [4.78, 5) is 0. The molecule has 1 aromatic carbocycles. The maximum absolute atomic E-state index is 6.20. The Labute approximate surface area is 127 Å². The molecule has 0 spiro atoms. The molecular weight excluding hydrogens is 274 g/mol. The van der Waals surface area contributed by atoms with Crippen LogP contribution >= 0.6 is 11.6 Å². The summed E-state index contributed by atoms with van der Waals surface area (Å²) in [5.74, 6) is 1.40. The fourth-order valence-corrected chi connectivity index (χ4v) is 1.93. The van der Waals surface area contributed by atoms with E-state index in [1.54, 1.807) is 0 Å². The number of ether oxygens (including phenoxy) is 2. The van der Waals surface area contributed by atoms with E-state index in [4.69, 9.17) is 21.1 Å². The van der Waals surface area contributed by atoms with Gasteiger partial charge in [0.25, 0.3) is 0 Å². The van der Waals surface area contributed by atoms with Crippen LogP contribution in [-0.4, -0.2) is 26.4 Å². The summed E-state index contributed by atoms with van der Waals surface area (Å²) in [5, 5.41) is 3.92. The number of hydrogen-bond donors (Lipinski definition) is 1. The molecule has 20 heavy (non-hydrogen) atoms. The van der Waals surface area contributed by atoms with Crippen LogP contribution in [0.4, 0.5) is 0 Å². The van der Waals surface area contributed by atoms with Gasteiger partial charge in [-0.3, -0.25) is 0 Å². The van der Waals surface area contributed by atoms with Gasteiger partial charge in [0.2, 0.25) is 0 Å². The average Bonchev–Trinajstić information content (AvgIpc) is 2.41. The van der Waals surface area contributed by atoms with Crippen molar-refractivity contribution in [2.75, 3.05) is 26.4 Å². The zero-order chi connectivity index (χ0) is 14.8. The van der Waals surface area contributed by atoms with Gasteiger partial charge < -0.3 is 14.8 Å². The normalized spacial score (nSPS) is 11.1. The molecule has 1 N–H and O–H groups in total. The molecule has 0 saturated carbocycles. The zero-order valence-electron chi connectivity index (χ0n) is 12.7. The summed E-state index contributed by atoms with van der Waals surface area (Å²) < 4.78 is 11.1. The number of nitrogens with one attached hydrogen (secondary N) is 1. The highest BCUT2D eigenvalue weighted by Crippen LogP contribution is 2.25. The van der Waals surface area contributed by atoms with Crippen LogP contribution in [0.2, 0.25) is 5.02 Å². The van der Waals surface area contributed by atoms with Gasteiger partial charge in [0.15, 0.2) is 0 Å². The SMILES string of the molecule is CCNCc1ccc(OCCOCCC(C)C)c(Cl)c1. The van der Waals surface area contributed by atoms with Crippen molar-refractivity contribution in [3.63, 3.8) is 0 Å². The predicted octanol–water partition coefficient (Wildman–Crippen LogP) is 3.89. The second kappa shape index (κ2) is 10.0. The topological polar surface area (TPSA) is 30.5 Å². The first kappa shape index (κ1) is 17.3. The molecule has 3 nitrogen and oxygen atoms in total. The standard InChI is InChI=1S/C16H26ClNO2/c1-4-18-12-14-5-6-16(15(17)11-14)20-10-9-19-8-7-13(2)3/h5-6,11,13,18H,4,7-10,12H2,1-3H3. The van der Waals surface area contributed by atoms with Crippen LogP contribution in [0.25, 0.3) is 0 Å². The third-order valence-electron chi connectivity index (χ3n) is 2.90. The smallest absolute Gasteiger partial charge is 0.138 e. The summed E-state index contributed by atoms with van der Waals surface area (Å²) in [6.07, 6.45) is 1.08. The van der Waals surface area contributed by atoms with E-state index in [1.165, 1.54) is 0 Å². The van der Waals surface area contributed by atoms with Crippen LogP contribution in [0.3, 0.4) is 0 Å². The molecule has 0 aliphatic rings. The van der Waals surface area contributed by atoms with Crippen LogP contribution in [0.15, 0.2) is 18.2 Å². The Bertz CT molecular complexity index is 383. The van der Waals surface area contributed by atoms with E-state index in [0.717, 1.165) is 37.4 Å². The minimum Gasteiger partial charge on any atom is -0.490 e. The summed E-state index contributed by atoms with van der Waals surface area (Å²) in [7, 11) is 0. The third-order valence-corrected chi connectivity index (χ3v) is 3.20. The molecule has 0 amide bonds. The van der Waals surface area contributed by atoms with Gasteiger partial charge >= 0.3 is 0 Å². The van der Waals surface area contributed by atoms with E-state index in [2.05, 4.69) is 26.1 Å². The highest BCUT2D eigenvalue weighted by Gasteiger charge is 2.03. The molecular formula is C16H26ClNO2. The Morgan fingerprint density at radius 1 is 1.20 bits per heavy atom. The van der Waals surface area contributed by atoms with Crippen LogP contribution in [-0.2, 0) is 11.3 Å². The van der Waals surface area contributed by atoms with Crippen molar-refractivity contribution in [1.82, 2.24) is 5.32 Å². The molecule has 0 saturated heterocycles. The van der Waals surface area contributed by atoms with Gasteiger partial charge in [0.1, 0.15) is 12.4 Å².